The minimum absolute atomic E-state index is 0.0982. The molecule has 2 rings (SSSR count). The normalized spacial score (nSPS) is 12.0. The second kappa shape index (κ2) is 6.96. The number of nitrogens with one attached hydrogen (secondary N) is 1. The van der Waals surface area contributed by atoms with Crippen LogP contribution in [-0.4, -0.2) is 21.3 Å². The molecule has 0 saturated carbocycles. The van der Waals surface area contributed by atoms with E-state index in [0.717, 1.165) is 21.5 Å². The van der Waals surface area contributed by atoms with E-state index in [0.29, 0.717) is 0 Å². The number of aryl methyl sites for hydroxylation is 1. The molecule has 4 heteroatoms. The van der Waals surface area contributed by atoms with Gasteiger partial charge < -0.3 is 14.8 Å². The molecular weight excluding hydrogens is 330 g/mol. The van der Waals surface area contributed by atoms with E-state index in [2.05, 4.69) is 52.4 Å². The lowest BCUT2D eigenvalue weighted by Crippen LogP contribution is -2.18. The molecule has 2 aromatic carbocycles. The van der Waals surface area contributed by atoms with E-state index < -0.39 is 0 Å². The van der Waals surface area contributed by atoms with E-state index in [9.17, 15) is 0 Å². The summed E-state index contributed by atoms with van der Waals surface area (Å²) in [5.41, 5.74) is 3.56. The van der Waals surface area contributed by atoms with Crippen LogP contribution in [0.15, 0.2) is 40.9 Å². The number of ether oxygens (including phenoxy) is 2. The van der Waals surface area contributed by atoms with Crippen molar-refractivity contribution in [3.63, 3.8) is 0 Å². The molecule has 1 N–H and O–H groups in total. The Morgan fingerprint density at radius 3 is 2.24 bits per heavy atom. The summed E-state index contributed by atoms with van der Waals surface area (Å²) in [6.45, 7) is 2.09. The summed E-state index contributed by atoms with van der Waals surface area (Å²) < 4.78 is 11.8. The number of hydrogen-bond donors (Lipinski definition) is 1. The van der Waals surface area contributed by atoms with Crippen molar-refractivity contribution in [2.24, 2.45) is 0 Å². The Morgan fingerprint density at radius 1 is 0.952 bits per heavy atom. The first-order valence-corrected chi connectivity index (χ1v) is 7.54. The van der Waals surface area contributed by atoms with Gasteiger partial charge in [-0.1, -0.05) is 28.1 Å². The summed E-state index contributed by atoms with van der Waals surface area (Å²) in [6.07, 6.45) is 0. The summed E-state index contributed by atoms with van der Waals surface area (Å²) in [7, 11) is 5.25. The van der Waals surface area contributed by atoms with Crippen LogP contribution in [0.3, 0.4) is 0 Å². The van der Waals surface area contributed by atoms with Crippen LogP contribution >= 0.6 is 15.9 Å². The Hall–Kier alpha value is -1.52. The molecule has 0 spiro atoms. The number of halogens is 1. The highest BCUT2D eigenvalue weighted by atomic mass is 79.9. The first kappa shape index (κ1) is 15.9. The maximum absolute atomic E-state index is 5.39. The van der Waals surface area contributed by atoms with Gasteiger partial charge in [0.1, 0.15) is 0 Å². The van der Waals surface area contributed by atoms with Crippen LogP contribution in [0.2, 0.25) is 0 Å². The van der Waals surface area contributed by atoms with Crippen LogP contribution in [0.25, 0.3) is 0 Å². The predicted molar refractivity (Wildman–Crippen MR) is 89.3 cm³/mol. The van der Waals surface area contributed by atoms with Crippen molar-refractivity contribution in [1.29, 1.82) is 0 Å². The topological polar surface area (TPSA) is 30.5 Å². The first-order chi connectivity index (χ1) is 10.1. The van der Waals surface area contributed by atoms with Gasteiger partial charge in [-0.15, -0.1) is 0 Å². The number of hydrogen-bond acceptors (Lipinski definition) is 3. The maximum Gasteiger partial charge on any atom is 0.161 e. The monoisotopic (exact) mass is 349 g/mol. The standard InChI is InChI=1S/C17H20BrNO2/c1-11-7-13(9-14(18)8-11)17(19-2)12-5-6-15(20-3)16(10-12)21-4/h5-10,17,19H,1-4H3. The van der Waals surface area contributed by atoms with E-state index >= 15 is 0 Å². The molecule has 0 aliphatic rings. The Labute approximate surface area is 134 Å². The van der Waals surface area contributed by atoms with Gasteiger partial charge in [0, 0.05) is 4.47 Å². The van der Waals surface area contributed by atoms with E-state index in [1.54, 1.807) is 14.2 Å². The molecule has 1 unspecified atom stereocenters. The summed E-state index contributed by atoms with van der Waals surface area (Å²) in [5.74, 6) is 1.48. The number of rotatable bonds is 5. The van der Waals surface area contributed by atoms with Crippen LogP contribution in [0.1, 0.15) is 22.7 Å². The third kappa shape index (κ3) is 3.57. The van der Waals surface area contributed by atoms with E-state index in [4.69, 9.17) is 9.47 Å². The lowest BCUT2D eigenvalue weighted by Gasteiger charge is -2.20. The number of methoxy groups -OCH3 is 2. The van der Waals surface area contributed by atoms with E-state index in [1.807, 2.05) is 19.2 Å². The van der Waals surface area contributed by atoms with Gasteiger partial charge in [-0.3, -0.25) is 0 Å². The largest absolute Gasteiger partial charge is 0.493 e. The van der Waals surface area contributed by atoms with Crippen molar-refractivity contribution in [3.05, 3.63) is 57.6 Å². The Balaban J connectivity index is 2.45. The first-order valence-electron chi connectivity index (χ1n) is 6.75. The van der Waals surface area contributed by atoms with Gasteiger partial charge in [0.15, 0.2) is 11.5 Å². The molecule has 0 bridgehead atoms. The molecule has 21 heavy (non-hydrogen) atoms. The van der Waals surface area contributed by atoms with Crippen molar-refractivity contribution in [2.75, 3.05) is 21.3 Å². The van der Waals surface area contributed by atoms with E-state index in [-0.39, 0.29) is 6.04 Å². The Kier molecular flexibility index (Phi) is 5.26. The fourth-order valence-corrected chi connectivity index (χ4v) is 3.11. The van der Waals surface area contributed by atoms with Gasteiger partial charge in [0.2, 0.25) is 0 Å². The zero-order chi connectivity index (χ0) is 15.4. The van der Waals surface area contributed by atoms with Gasteiger partial charge in [0.05, 0.1) is 20.3 Å². The fourth-order valence-electron chi connectivity index (χ4n) is 2.49. The van der Waals surface area contributed by atoms with Crippen molar-refractivity contribution < 1.29 is 9.47 Å². The smallest absolute Gasteiger partial charge is 0.161 e. The molecule has 0 fully saturated rings. The lowest BCUT2D eigenvalue weighted by atomic mass is 9.97. The molecule has 0 aliphatic heterocycles. The van der Waals surface area contributed by atoms with E-state index in [1.165, 1.54) is 11.1 Å². The molecule has 112 valence electrons. The fraction of sp³-hybridized carbons (Fsp3) is 0.294. The molecular formula is C17H20BrNO2. The molecule has 0 aromatic heterocycles. The molecule has 0 amide bonds. The molecule has 0 radical (unpaired) electrons. The van der Waals surface area contributed by atoms with Crippen LogP contribution in [-0.2, 0) is 0 Å². The maximum atomic E-state index is 5.39. The highest BCUT2D eigenvalue weighted by molar-refractivity contribution is 9.10. The van der Waals surface area contributed by atoms with Gasteiger partial charge >= 0.3 is 0 Å². The molecule has 0 heterocycles. The van der Waals surface area contributed by atoms with Crippen LogP contribution in [0.4, 0.5) is 0 Å². The summed E-state index contributed by atoms with van der Waals surface area (Å²) in [5, 5.41) is 3.36. The molecule has 2 aromatic rings. The molecule has 0 saturated heterocycles. The summed E-state index contributed by atoms with van der Waals surface area (Å²) in [6, 6.07) is 12.5. The van der Waals surface area contributed by atoms with Crippen molar-refractivity contribution in [1.82, 2.24) is 5.32 Å². The summed E-state index contributed by atoms with van der Waals surface area (Å²) in [4.78, 5) is 0. The van der Waals surface area contributed by atoms with Gasteiger partial charge in [-0.25, -0.2) is 0 Å². The van der Waals surface area contributed by atoms with Crippen molar-refractivity contribution in [2.45, 2.75) is 13.0 Å². The average molecular weight is 350 g/mol. The van der Waals surface area contributed by atoms with Crippen LogP contribution < -0.4 is 14.8 Å². The third-order valence-corrected chi connectivity index (χ3v) is 3.89. The van der Waals surface area contributed by atoms with Gasteiger partial charge in [-0.2, -0.15) is 0 Å². The van der Waals surface area contributed by atoms with Crippen LogP contribution in [0, 0.1) is 6.92 Å². The minimum atomic E-state index is 0.0982. The predicted octanol–water partition coefficient (Wildman–Crippen LogP) is 4.08. The quantitative estimate of drug-likeness (QED) is 0.881. The Morgan fingerprint density at radius 2 is 1.67 bits per heavy atom. The minimum Gasteiger partial charge on any atom is -0.493 e. The SMILES string of the molecule is CNC(c1cc(C)cc(Br)c1)c1ccc(OC)c(OC)c1. The zero-order valence-electron chi connectivity index (χ0n) is 12.7. The van der Waals surface area contributed by atoms with Gasteiger partial charge in [0.25, 0.3) is 0 Å². The molecule has 0 aliphatic carbocycles. The second-order valence-corrected chi connectivity index (χ2v) is 5.81. The number of benzene rings is 2. The molecule has 3 nitrogen and oxygen atoms in total. The molecule has 1 atom stereocenters. The van der Waals surface area contributed by atoms with Gasteiger partial charge in [-0.05, 0) is 54.9 Å². The summed E-state index contributed by atoms with van der Waals surface area (Å²) >= 11 is 3.56. The Bertz CT molecular complexity index is 608. The lowest BCUT2D eigenvalue weighted by molar-refractivity contribution is 0.354. The van der Waals surface area contributed by atoms with Crippen molar-refractivity contribution in [3.8, 4) is 11.5 Å². The zero-order valence-corrected chi connectivity index (χ0v) is 14.3. The van der Waals surface area contributed by atoms with Crippen molar-refractivity contribution >= 4 is 15.9 Å². The highest BCUT2D eigenvalue weighted by Gasteiger charge is 2.15. The highest BCUT2D eigenvalue weighted by Crippen LogP contribution is 2.33. The average Bonchev–Trinajstić information content (AvgIpc) is 2.46. The van der Waals surface area contributed by atoms with Crippen LogP contribution in [0.5, 0.6) is 11.5 Å². The second-order valence-electron chi connectivity index (χ2n) is 4.90. The third-order valence-electron chi connectivity index (χ3n) is 3.43.